The predicted molar refractivity (Wildman–Crippen MR) is 67.7 cm³/mol. The average molecular weight is 238 g/mol. The molecule has 0 spiro atoms. The molecule has 5 nitrogen and oxygen atoms in total. The van der Waals surface area contributed by atoms with Crippen molar-refractivity contribution in [3.8, 4) is 0 Å². The van der Waals surface area contributed by atoms with Crippen LogP contribution in [0.5, 0.6) is 0 Å². The summed E-state index contributed by atoms with van der Waals surface area (Å²) in [5, 5.41) is 10.3. The van der Waals surface area contributed by atoms with Crippen molar-refractivity contribution < 1.29 is 4.79 Å². The summed E-state index contributed by atoms with van der Waals surface area (Å²) in [6, 6.07) is 2.47. The van der Waals surface area contributed by atoms with Gasteiger partial charge in [-0.2, -0.15) is 5.10 Å². The molecule has 0 aliphatic rings. The molecule has 0 unspecified atom stereocenters. The van der Waals surface area contributed by atoms with E-state index in [4.69, 9.17) is 0 Å². The van der Waals surface area contributed by atoms with Crippen LogP contribution in [0.3, 0.4) is 0 Å². The molecule has 2 N–H and O–H groups in total. The summed E-state index contributed by atoms with van der Waals surface area (Å²) < 4.78 is 1.92. The highest BCUT2D eigenvalue weighted by Gasteiger charge is 2.13. The minimum atomic E-state index is 0.0962. The molecule has 0 saturated carbocycles. The molecule has 1 heterocycles. The fourth-order valence-electron chi connectivity index (χ4n) is 1.62. The second-order valence-electron chi connectivity index (χ2n) is 4.17. The highest BCUT2D eigenvalue weighted by Crippen LogP contribution is 2.08. The van der Waals surface area contributed by atoms with Gasteiger partial charge in [-0.1, -0.05) is 0 Å². The van der Waals surface area contributed by atoms with Gasteiger partial charge in [-0.05, 0) is 26.8 Å². The normalized spacial score (nSPS) is 14.3. The molecule has 0 saturated heterocycles. The third-order valence-corrected chi connectivity index (χ3v) is 2.86. The number of nitrogens with one attached hydrogen (secondary N) is 2. The van der Waals surface area contributed by atoms with Gasteiger partial charge in [0.05, 0.1) is 6.04 Å². The van der Waals surface area contributed by atoms with Crippen molar-refractivity contribution in [2.24, 2.45) is 0 Å². The van der Waals surface area contributed by atoms with Gasteiger partial charge >= 0.3 is 0 Å². The Morgan fingerprint density at radius 2 is 2.24 bits per heavy atom. The van der Waals surface area contributed by atoms with Crippen molar-refractivity contribution in [3.05, 3.63) is 18.5 Å². The molecule has 0 radical (unpaired) electrons. The fourth-order valence-corrected chi connectivity index (χ4v) is 1.62. The molecule has 2 atom stereocenters. The molecule has 5 heteroatoms. The lowest BCUT2D eigenvalue weighted by Gasteiger charge is -2.21. The lowest BCUT2D eigenvalue weighted by Crippen LogP contribution is -2.36. The Bertz CT molecular complexity index is 323. The van der Waals surface area contributed by atoms with Gasteiger partial charge < -0.3 is 10.6 Å². The number of rotatable bonds is 7. The summed E-state index contributed by atoms with van der Waals surface area (Å²) in [6.07, 6.45) is 4.24. The number of nitrogens with zero attached hydrogens (tertiary/aromatic N) is 2. The van der Waals surface area contributed by atoms with E-state index in [1.54, 1.807) is 6.20 Å². The van der Waals surface area contributed by atoms with Crippen LogP contribution in [0.1, 0.15) is 33.2 Å². The lowest BCUT2D eigenvalue weighted by molar-refractivity contribution is -0.120. The Morgan fingerprint density at radius 1 is 1.47 bits per heavy atom. The van der Waals surface area contributed by atoms with Crippen molar-refractivity contribution in [2.45, 2.75) is 39.3 Å². The molecule has 96 valence electrons. The second-order valence-corrected chi connectivity index (χ2v) is 4.17. The van der Waals surface area contributed by atoms with Crippen LogP contribution in [0.2, 0.25) is 0 Å². The van der Waals surface area contributed by atoms with E-state index in [0.717, 1.165) is 0 Å². The molecule has 0 aliphatic heterocycles. The van der Waals surface area contributed by atoms with Crippen molar-refractivity contribution in [2.75, 3.05) is 13.1 Å². The summed E-state index contributed by atoms with van der Waals surface area (Å²) in [4.78, 5) is 11.3. The molecule has 1 rings (SSSR count). The predicted octanol–water partition coefficient (Wildman–Crippen LogP) is 0.948. The van der Waals surface area contributed by atoms with Crippen LogP contribution in [0.4, 0.5) is 0 Å². The molecular weight excluding hydrogens is 216 g/mol. The number of hydrogen-bond donors (Lipinski definition) is 2. The summed E-state index contributed by atoms with van der Waals surface area (Å²) in [7, 11) is 0. The highest BCUT2D eigenvalue weighted by molar-refractivity contribution is 5.75. The standard InChI is InChI=1S/C12H22N4O/c1-4-13-12(17)6-8-14-10(2)11(3)16-9-5-7-15-16/h5,7,9-11,14H,4,6,8H2,1-3H3,(H,13,17)/t10-,11-/m0/s1. The minimum absolute atomic E-state index is 0.0962. The average Bonchev–Trinajstić information content (AvgIpc) is 2.81. The van der Waals surface area contributed by atoms with Gasteiger partial charge in [-0.3, -0.25) is 9.48 Å². The summed E-state index contributed by atoms with van der Waals surface area (Å²) >= 11 is 0. The quantitative estimate of drug-likeness (QED) is 0.743. The summed E-state index contributed by atoms with van der Waals surface area (Å²) in [5.74, 6) is 0.0962. The van der Waals surface area contributed by atoms with E-state index in [0.29, 0.717) is 19.5 Å². The minimum Gasteiger partial charge on any atom is -0.356 e. The van der Waals surface area contributed by atoms with E-state index in [1.165, 1.54) is 0 Å². The van der Waals surface area contributed by atoms with E-state index in [-0.39, 0.29) is 18.0 Å². The molecule has 0 bridgehead atoms. The molecule has 0 fully saturated rings. The van der Waals surface area contributed by atoms with Crippen LogP contribution in [-0.4, -0.2) is 34.8 Å². The van der Waals surface area contributed by atoms with Gasteiger partial charge in [-0.15, -0.1) is 0 Å². The number of carbonyl (C=O) groups is 1. The molecule has 0 aromatic carbocycles. The number of aromatic nitrogens is 2. The van der Waals surface area contributed by atoms with E-state index >= 15 is 0 Å². The fraction of sp³-hybridized carbons (Fsp3) is 0.667. The van der Waals surface area contributed by atoms with Gasteiger partial charge in [0.2, 0.25) is 5.91 Å². The number of hydrogen-bond acceptors (Lipinski definition) is 3. The smallest absolute Gasteiger partial charge is 0.221 e. The maximum absolute atomic E-state index is 11.3. The number of amides is 1. The zero-order valence-electron chi connectivity index (χ0n) is 10.8. The third-order valence-electron chi connectivity index (χ3n) is 2.86. The molecule has 1 aromatic heterocycles. The van der Waals surface area contributed by atoms with E-state index < -0.39 is 0 Å². The Kier molecular flexibility index (Phi) is 5.69. The van der Waals surface area contributed by atoms with Gasteiger partial charge in [0, 0.05) is 37.9 Å². The van der Waals surface area contributed by atoms with Crippen LogP contribution >= 0.6 is 0 Å². The van der Waals surface area contributed by atoms with Crippen molar-refractivity contribution in [1.29, 1.82) is 0 Å². The highest BCUT2D eigenvalue weighted by atomic mass is 16.1. The first-order chi connectivity index (χ1) is 8.15. The molecule has 17 heavy (non-hydrogen) atoms. The Morgan fingerprint density at radius 3 is 2.82 bits per heavy atom. The van der Waals surface area contributed by atoms with Gasteiger partial charge in [0.15, 0.2) is 0 Å². The summed E-state index contributed by atoms with van der Waals surface area (Å²) in [6.45, 7) is 7.52. The first kappa shape index (κ1) is 13.7. The first-order valence-corrected chi connectivity index (χ1v) is 6.14. The Labute approximate surface area is 103 Å². The van der Waals surface area contributed by atoms with Crippen LogP contribution < -0.4 is 10.6 Å². The second kappa shape index (κ2) is 7.06. The zero-order chi connectivity index (χ0) is 12.7. The zero-order valence-corrected chi connectivity index (χ0v) is 10.8. The van der Waals surface area contributed by atoms with Crippen LogP contribution in [0, 0.1) is 0 Å². The van der Waals surface area contributed by atoms with Gasteiger partial charge in [0.1, 0.15) is 0 Å². The van der Waals surface area contributed by atoms with Crippen molar-refractivity contribution in [1.82, 2.24) is 20.4 Å². The molecule has 1 aromatic rings. The van der Waals surface area contributed by atoms with Crippen molar-refractivity contribution >= 4 is 5.91 Å². The van der Waals surface area contributed by atoms with Crippen LogP contribution in [0.25, 0.3) is 0 Å². The maximum Gasteiger partial charge on any atom is 0.221 e. The van der Waals surface area contributed by atoms with E-state index in [1.807, 2.05) is 23.9 Å². The van der Waals surface area contributed by atoms with Crippen LogP contribution in [-0.2, 0) is 4.79 Å². The number of carbonyl (C=O) groups excluding carboxylic acids is 1. The monoisotopic (exact) mass is 238 g/mol. The first-order valence-electron chi connectivity index (χ1n) is 6.14. The SMILES string of the molecule is CCNC(=O)CCN[C@@H](C)[C@H](C)n1cccn1. The molecule has 1 amide bonds. The molecule has 0 aliphatic carbocycles. The van der Waals surface area contributed by atoms with E-state index in [9.17, 15) is 4.79 Å². The van der Waals surface area contributed by atoms with Crippen molar-refractivity contribution in [3.63, 3.8) is 0 Å². The van der Waals surface area contributed by atoms with E-state index in [2.05, 4.69) is 29.6 Å². The lowest BCUT2D eigenvalue weighted by atomic mass is 10.1. The largest absolute Gasteiger partial charge is 0.356 e. The Hall–Kier alpha value is -1.36. The van der Waals surface area contributed by atoms with Gasteiger partial charge in [-0.25, -0.2) is 0 Å². The van der Waals surface area contributed by atoms with Crippen LogP contribution in [0.15, 0.2) is 18.5 Å². The Balaban J connectivity index is 2.25. The maximum atomic E-state index is 11.3. The third kappa shape index (κ3) is 4.56. The van der Waals surface area contributed by atoms with Gasteiger partial charge in [0.25, 0.3) is 0 Å². The molecular formula is C12H22N4O. The summed E-state index contributed by atoms with van der Waals surface area (Å²) in [5.41, 5.74) is 0. The topological polar surface area (TPSA) is 59.0 Å².